The van der Waals surface area contributed by atoms with Crippen LogP contribution in [0.25, 0.3) is 16.6 Å². The summed E-state index contributed by atoms with van der Waals surface area (Å²) in [6.45, 7) is 2.19. The Kier molecular flexibility index (Phi) is 1.75. The normalized spacial score (nSPS) is 11.3. The van der Waals surface area contributed by atoms with Crippen LogP contribution >= 0.6 is 0 Å². The van der Waals surface area contributed by atoms with E-state index in [0.29, 0.717) is 0 Å². The zero-order valence-electron chi connectivity index (χ0n) is 8.64. The fourth-order valence-corrected chi connectivity index (χ4v) is 2.11. The third-order valence-corrected chi connectivity index (χ3v) is 2.88. The first-order valence-corrected chi connectivity index (χ1v) is 5.24. The SMILES string of the molecule is CCc1cccc2c1ccc1nccn12. The molecule has 0 amide bonds. The van der Waals surface area contributed by atoms with Crippen LogP contribution in [0.4, 0.5) is 0 Å². The van der Waals surface area contributed by atoms with Gasteiger partial charge in [-0.2, -0.15) is 0 Å². The van der Waals surface area contributed by atoms with E-state index in [-0.39, 0.29) is 0 Å². The Morgan fingerprint density at radius 2 is 2.13 bits per heavy atom. The third kappa shape index (κ3) is 1.14. The zero-order valence-corrected chi connectivity index (χ0v) is 8.64. The number of pyridine rings is 1. The minimum absolute atomic E-state index is 1.01. The van der Waals surface area contributed by atoms with Crippen molar-refractivity contribution >= 4 is 16.6 Å². The van der Waals surface area contributed by atoms with Crippen LogP contribution in [0.1, 0.15) is 12.5 Å². The number of benzene rings is 1. The van der Waals surface area contributed by atoms with Crippen molar-refractivity contribution in [1.29, 1.82) is 0 Å². The van der Waals surface area contributed by atoms with E-state index >= 15 is 0 Å². The molecular weight excluding hydrogens is 184 g/mol. The Balaban J connectivity index is 2.53. The summed E-state index contributed by atoms with van der Waals surface area (Å²) < 4.78 is 2.13. The van der Waals surface area contributed by atoms with Crippen molar-refractivity contribution in [3.63, 3.8) is 0 Å². The average molecular weight is 196 g/mol. The summed E-state index contributed by atoms with van der Waals surface area (Å²) in [6, 6.07) is 10.7. The fourth-order valence-electron chi connectivity index (χ4n) is 2.11. The maximum absolute atomic E-state index is 4.29. The largest absolute Gasteiger partial charge is 0.300 e. The highest BCUT2D eigenvalue weighted by molar-refractivity contribution is 5.85. The molecule has 0 bridgehead atoms. The predicted molar refractivity (Wildman–Crippen MR) is 62.1 cm³/mol. The molecule has 2 aromatic heterocycles. The molecule has 0 N–H and O–H groups in total. The van der Waals surface area contributed by atoms with Crippen LogP contribution in [-0.4, -0.2) is 9.38 Å². The fraction of sp³-hybridized carbons (Fsp3) is 0.154. The molecule has 15 heavy (non-hydrogen) atoms. The van der Waals surface area contributed by atoms with Crippen LogP contribution in [0.5, 0.6) is 0 Å². The third-order valence-electron chi connectivity index (χ3n) is 2.88. The van der Waals surface area contributed by atoms with E-state index in [1.165, 1.54) is 16.5 Å². The summed E-state index contributed by atoms with van der Waals surface area (Å²) in [7, 11) is 0. The van der Waals surface area contributed by atoms with Gasteiger partial charge in [0.25, 0.3) is 0 Å². The maximum atomic E-state index is 4.29. The molecule has 0 saturated heterocycles. The lowest BCUT2D eigenvalue weighted by Crippen LogP contribution is -1.90. The quantitative estimate of drug-likeness (QED) is 0.584. The molecule has 0 aliphatic carbocycles. The molecule has 0 fully saturated rings. The molecule has 2 heterocycles. The van der Waals surface area contributed by atoms with Gasteiger partial charge in [0, 0.05) is 17.8 Å². The second-order valence-corrected chi connectivity index (χ2v) is 3.69. The first-order valence-electron chi connectivity index (χ1n) is 5.24. The van der Waals surface area contributed by atoms with Gasteiger partial charge in [-0.3, -0.25) is 4.40 Å². The minimum atomic E-state index is 1.01. The summed E-state index contributed by atoms with van der Waals surface area (Å²) >= 11 is 0. The number of fused-ring (bicyclic) bond motifs is 3. The van der Waals surface area contributed by atoms with Crippen molar-refractivity contribution < 1.29 is 0 Å². The van der Waals surface area contributed by atoms with E-state index < -0.39 is 0 Å². The second kappa shape index (κ2) is 3.09. The predicted octanol–water partition coefficient (Wildman–Crippen LogP) is 3.05. The van der Waals surface area contributed by atoms with E-state index in [9.17, 15) is 0 Å². The summed E-state index contributed by atoms with van der Waals surface area (Å²) in [4.78, 5) is 4.29. The first kappa shape index (κ1) is 8.48. The lowest BCUT2D eigenvalue weighted by atomic mass is 10.1. The minimum Gasteiger partial charge on any atom is -0.300 e. The molecule has 3 rings (SSSR count). The van der Waals surface area contributed by atoms with Gasteiger partial charge in [-0.25, -0.2) is 4.98 Å². The van der Waals surface area contributed by atoms with E-state index in [0.717, 1.165) is 12.1 Å². The van der Waals surface area contributed by atoms with E-state index in [1.807, 2.05) is 12.4 Å². The first-order chi connectivity index (χ1) is 7.40. The van der Waals surface area contributed by atoms with Gasteiger partial charge in [0.15, 0.2) is 0 Å². The molecule has 1 aromatic carbocycles. The van der Waals surface area contributed by atoms with Gasteiger partial charge in [0.2, 0.25) is 0 Å². The summed E-state index contributed by atoms with van der Waals surface area (Å²) in [6.07, 6.45) is 4.92. The Hall–Kier alpha value is -1.83. The Morgan fingerprint density at radius 1 is 1.20 bits per heavy atom. The number of nitrogens with zero attached hydrogens (tertiary/aromatic N) is 2. The molecule has 0 saturated carbocycles. The number of hydrogen-bond acceptors (Lipinski definition) is 1. The van der Waals surface area contributed by atoms with Gasteiger partial charge < -0.3 is 0 Å². The number of aryl methyl sites for hydroxylation is 1. The molecule has 0 spiro atoms. The van der Waals surface area contributed by atoms with Crippen molar-refractivity contribution in [3.8, 4) is 0 Å². The molecule has 0 aliphatic heterocycles. The molecule has 0 radical (unpaired) electrons. The van der Waals surface area contributed by atoms with E-state index in [2.05, 4.69) is 46.6 Å². The molecule has 0 unspecified atom stereocenters. The Bertz CT molecular complexity index is 623. The van der Waals surface area contributed by atoms with Crippen LogP contribution in [0, 0.1) is 0 Å². The van der Waals surface area contributed by atoms with Crippen molar-refractivity contribution in [2.24, 2.45) is 0 Å². The smallest absolute Gasteiger partial charge is 0.137 e. The summed E-state index contributed by atoms with van der Waals surface area (Å²) in [5.41, 5.74) is 3.64. The highest BCUT2D eigenvalue weighted by Crippen LogP contribution is 2.20. The van der Waals surface area contributed by atoms with Crippen LogP contribution in [0.2, 0.25) is 0 Å². The highest BCUT2D eigenvalue weighted by atomic mass is 15.0. The van der Waals surface area contributed by atoms with Crippen LogP contribution in [-0.2, 0) is 6.42 Å². The van der Waals surface area contributed by atoms with Gasteiger partial charge >= 0.3 is 0 Å². The van der Waals surface area contributed by atoms with Crippen molar-refractivity contribution in [3.05, 3.63) is 48.3 Å². The van der Waals surface area contributed by atoms with Crippen LogP contribution in [0.3, 0.4) is 0 Å². The van der Waals surface area contributed by atoms with Gasteiger partial charge in [-0.1, -0.05) is 19.1 Å². The van der Waals surface area contributed by atoms with E-state index in [1.54, 1.807) is 0 Å². The highest BCUT2D eigenvalue weighted by Gasteiger charge is 2.02. The molecule has 74 valence electrons. The average Bonchev–Trinajstić information content (AvgIpc) is 2.76. The summed E-state index contributed by atoms with van der Waals surface area (Å²) in [5, 5.41) is 1.32. The second-order valence-electron chi connectivity index (χ2n) is 3.69. The van der Waals surface area contributed by atoms with Gasteiger partial charge in [0.1, 0.15) is 5.65 Å². The molecule has 2 heteroatoms. The number of rotatable bonds is 1. The number of imidazole rings is 1. The van der Waals surface area contributed by atoms with Crippen molar-refractivity contribution in [1.82, 2.24) is 9.38 Å². The van der Waals surface area contributed by atoms with Gasteiger partial charge in [-0.15, -0.1) is 0 Å². The Labute approximate surface area is 88.2 Å². The number of hydrogen-bond donors (Lipinski definition) is 0. The molecule has 0 aliphatic rings. The lowest BCUT2D eigenvalue weighted by Gasteiger charge is -2.05. The van der Waals surface area contributed by atoms with Crippen LogP contribution < -0.4 is 0 Å². The van der Waals surface area contributed by atoms with Crippen molar-refractivity contribution in [2.75, 3.05) is 0 Å². The zero-order chi connectivity index (χ0) is 10.3. The van der Waals surface area contributed by atoms with Gasteiger partial charge in [-0.05, 0) is 30.2 Å². The summed E-state index contributed by atoms with van der Waals surface area (Å²) in [5.74, 6) is 0. The lowest BCUT2D eigenvalue weighted by molar-refractivity contribution is 1.15. The van der Waals surface area contributed by atoms with Crippen LogP contribution in [0.15, 0.2) is 42.7 Å². The van der Waals surface area contributed by atoms with Crippen molar-refractivity contribution in [2.45, 2.75) is 13.3 Å². The standard InChI is InChI=1S/C13H12N2/c1-2-10-4-3-5-12-11(10)6-7-13-14-8-9-15(12)13/h3-9H,2H2,1H3. The Morgan fingerprint density at radius 3 is 3.00 bits per heavy atom. The number of aromatic nitrogens is 2. The monoisotopic (exact) mass is 196 g/mol. The molecule has 3 aromatic rings. The van der Waals surface area contributed by atoms with E-state index in [4.69, 9.17) is 0 Å². The van der Waals surface area contributed by atoms with Gasteiger partial charge in [0.05, 0.1) is 5.52 Å². The maximum Gasteiger partial charge on any atom is 0.137 e. The molecular formula is C13H12N2. The molecule has 0 atom stereocenters. The topological polar surface area (TPSA) is 17.3 Å². The molecule has 2 nitrogen and oxygen atoms in total.